The predicted octanol–water partition coefficient (Wildman–Crippen LogP) is 0.912. The lowest BCUT2D eigenvalue weighted by molar-refractivity contribution is -0.595. The third kappa shape index (κ3) is 4.78. The van der Waals surface area contributed by atoms with Gasteiger partial charge in [0.15, 0.2) is 0 Å². The summed E-state index contributed by atoms with van der Waals surface area (Å²) in [4.78, 5) is 0. The van der Waals surface area contributed by atoms with Crippen LogP contribution in [-0.4, -0.2) is 4.57 Å². The lowest BCUT2D eigenvalue weighted by Crippen LogP contribution is -3.00. The largest absolute Gasteiger partial charge is 1.00 e. The van der Waals surface area contributed by atoms with Gasteiger partial charge in [0.2, 0.25) is 6.33 Å². The summed E-state index contributed by atoms with van der Waals surface area (Å²) in [6.07, 6.45) is 12.9. The van der Waals surface area contributed by atoms with Gasteiger partial charge in [-0.25, -0.2) is 9.13 Å². The summed E-state index contributed by atoms with van der Waals surface area (Å²) in [7, 11) is 0. The van der Waals surface area contributed by atoms with Gasteiger partial charge >= 0.3 is 0 Å². The Morgan fingerprint density at radius 1 is 1.00 bits per heavy atom. The van der Waals surface area contributed by atoms with Crippen molar-refractivity contribution in [1.29, 1.82) is 0 Å². The average molecular weight is 337 g/mol. The van der Waals surface area contributed by atoms with Crippen LogP contribution in [0.1, 0.15) is 45.1 Å². The summed E-state index contributed by atoms with van der Waals surface area (Å²) in [6, 6.07) is 8.81. The van der Waals surface area contributed by atoms with Crippen molar-refractivity contribution in [3.63, 3.8) is 0 Å². The summed E-state index contributed by atoms with van der Waals surface area (Å²) < 4.78 is 4.47. The molecule has 0 bridgehead atoms. The molecule has 1 aromatic carbocycles. The summed E-state index contributed by atoms with van der Waals surface area (Å²) in [5, 5.41) is 0. The van der Waals surface area contributed by atoms with Crippen LogP contribution in [0.3, 0.4) is 0 Å². The number of halogens is 1. The molecule has 0 amide bonds. The van der Waals surface area contributed by atoms with Crippen LogP contribution in [0.4, 0.5) is 0 Å². The molecular weight excluding hydrogens is 312 g/mol. The highest BCUT2D eigenvalue weighted by atomic mass is 79.9. The van der Waals surface area contributed by atoms with E-state index in [9.17, 15) is 0 Å². The van der Waals surface area contributed by atoms with Crippen molar-refractivity contribution < 1.29 is 21.5 Å². The number of benzene rings is 1. The molecule has 0 atom stereocenters. The van der Waals surface area contributed by atoms with Crippen LogP contribution in [0.25, 0.3) is 5.69 Å². The lowest BCUT2D eigenvalue weighted by Gasteiger charge is -1.98. The monoisotopic (exact) mass is 336 g/mol. The van der Waals surface area contributed by atoms with E-state index in [0.29, 0.717) is 0 Å². The highest BCUT2D eigenvalue weighted by molar-refractivity contribution is 5.27. The van der Waals surface area contributed by atoms with Crippen molar-refractivity contribution in [3.8, 4) is 5.69 Å². The Morgan fingerprint density at radius 2 is 1.75 bits per heavy atom. The molecule has 0 saturated carbocycles. The fourth-order valence-corrected chi connectivity index (χ4v) is 2.30. The number of nitrogens with zero attached hydrogens (tertiary/aromatic N) is 2. The Labute approximate surface area is 133 Å². The van der Waals surface area contributed by atoms with Gasteiger partial charge in [-0.2, -0.15) is 0 Å². The molecule has 1 aromatic heterocycles. The SMILES string of the molecule is CCCCCCn1cc[n+](-c2ccc(CC)cc2)c1.[Br-]. The van der Waals surface area contributed by atoms with Gasteiger partial charge in [0, 0.05) is 0 Å². The molecule has 0 unspecified atom stereocenters. The Bertz CT molecular complexity index is 488. The van der Waals surface area contributed by atoms with Crippen LogP contribution in [0, 0.1) is 0 Å². The first-order valence-electron chi connectivity index (χ1n) is 7.50. The number of imidazole rings is 1. The van der Waals surface area contributed by atoms with E-state index in [1.807, 2.05) is 0 Å². The summed E-state index contributed by atoms with van der Waals surface area (Å²) in [5.74, 6) is 0. The van der Waals surface area contributed by atoms with Gasteiger partial charge in [0.1, 0.15) is 18.1 Å². The molecule has 20 heavy (non-hydrogen) atoms. The molecular formula is C17H25BrN2. The maximum atomic E-state index is 2.28. The third-order valence-corrected chi connectivity index (χ3v) is 3.60. The van der Waals surface area contributed by atoms with Crippen LogP contribution < -0.4 is 21.5 Å². The van der Waals surface area contributed by atoms with Crippen molar-refractivity contribution >= 4 is 0 Å². The molecule has 0 N–H and O–H groups in total. The van der Waals surface area contributed by atoms with Gasteiger partial charge in [0.25, 0.3) is 0 Å². The van der Waals surface area contributed by atoms with E-state index in [1.165, 1.54) is 36.9 Å². The van der Waals surface area contributed by atoms with E-state index in [4.69, 9.17) is 0 Å². The maximum Gasteiger partial charge on any atom is 0.248 e. The van der Waals surface area contributed by atoms with Gasteiger partial charge in [-0.1, -0.05) is 38.8 Å². The minimum atomic E-state index is 0. The molecule has 0 aliphatic carbocycles. The van der Waals surface area contributed by atoms with Crippen LogP contribution in [0.2, 0.25) is 0 Å². The van der Waals surface area contributed by atoms with Crippen LogP contribution in [0.15, 0.2) is 43.0 Å². The predicted molar refractivity (Wildman–Crippen MR) is 79.5 cm³/mol. The fourth-order valence-electron chi connectivity index (χ4n) is 2.30. The van der Waals surface area contributed by atoms with Crippen LogP contribution >= 0.6 is 0 Å². The van der Waals surface area contributed by atoms with Crippen molar-refractivity contribution in [1.82, 2.24) is 4.57 Å². The molecule has 0 spiro atoms. The zero-order valence-electron chi connectivity index (χ0n) is 12.6. The molecule has 0 aliphatic heterocycles. The van der Waals surface area contributed by atoms with Gasteiger partial charge in [-0.05, 0) is 37.0 Å². The zero-order valence-corrected chi connectivity index (χ0v) is 14.1. The number of aromatic nitrogens is 2. The van der Waals surface area contributed by atoms with Gasteiger partial charge < -0.3 is 17.0 Å². The van der Waals surface area contributed by atoms with E-state index in [2.05, 4.69) is 66.0 Å². The second-order valence-electron chi connectivity index (χ2n) is 5.14. The van der Waals surface area contributed by atoms with E-state index < -0.39 is 0 Å². The topological polar surface area (TPSA) is 8.81 Å². The van der Waals surface area contributed by atoms with E-state index in [0.717, 1.165) is 13.0 Å². The Balaban J connectivity index is 0.00000200. The van der Waals surface area contributed by atoms with Crippen molar-refractivity contribution in [2.24, 2.45) is 0 Å². The van der Waals surface area contributed by atoms with E-state index >= 15 is 0 Å². The minimum Gasteiger partial charge on any atom is -1.00 e. The normalized spacial score (nSPS) is 10.3. The Morgan fingerprint density at radius 3 is 2.40 bits per heavy atom. The van der Waals surface area contributed by atoms with Crippen LogP contribution in [0.5, 0.6) is 0 Å². The molecule has 1 heterocycles. The summed E-state index contributed by atoms with van der Waals surface area (Å²) in [5.41, 5.74) is 2.63. The smallest absolute Gasteiger partial charge is 0.248 e. The lowest BCUT2D eigenvalue weighted by atomic mass is 10.1. The average Bonchev–Trinajstić information content (AvgIpc) is 2.92. The Hall–Kier alpha value is -1.09. The molecule has 2 rings (SSSR count). The maximum absolute atomic E-state index is 2.28. The quantitative estimate of drug-likeness (QED) is 0.525. The van der Waals surface area contributed by atoms with E-state index in [-0.39, 0.29) is 17.0 Å². The number of unbranched alkanes of at least 4 members (excludes halogenated alkanes) is 3. The summed E-state index contributed by atoms with van der Waals surface area (Å²) >= 11 is 0. The molecule has 110 valence electrons. The van der Waals surface area contributed by atoms with Crippen molar-refractivity contribution in [2.45, 2.75) is 52.5 Å². The van der Waals surface area contributed by atoms with Crippen molar-refractivity contribution in [3.05, 3.63) is 48.5 Å². The van der Waals surface area contributed by atoms with Gasteiger partial charge in [0.05, 0.1) is 6.54 Å². The first-order valence-corrected chi connectivity index (χ1v) is 7.50. The number of aryl methyl sites for hydroxylation is 2. The number of rotatable bonds is 7. The fraction of sp³-hybridized carbons (Fsp3) is 0.471. The number of hydrogen-bond donors (Lipinski definition) is 0. The molecule has 0 saturated heterocycles. The molecule has 0 fully saturated rings. The molecule has 3 heteroatoms. The number of hydrogen-bond acceptors (Lipinski definition) is 0. The highest BCUT2D eigenvalue weighted by Crippen LogP contribution is 2.05. The Kier molecular flexibility index (Phi) is 7.60. The molecule has 0 aliphatic rings. The minimum absolute atomic E-state index is 0. The molecule has 0 radical (unpaired) electrons. The van der Waals surface area contributed by atoms with Gasteiger partial charge in [-0.3, -0.25) is 0 Å². The first-order chi connectivity index (χ1) is 9.33. The first kappa shape index (κ1) is 17.0. The zero-order chi connectivity index (χ0) is 13.5. The standard InChI is InChI=1S/C17H25N2.BrH/c1-3-5-6-7-12-18-13-14-19(15-18)17-10-8-16(4-2)9-11-17;/h8-11,13-15H,3-7,12H2,1-2H3;1H/q+1;/p-1. The van der Waals surface area contributed by atoms with E-state index in [1.54, 1.807) is 0 Å². The summed E-state index contributed by atoms with van der Waals surface area (Å²) in [6.45, 7) is 5.57. The van der Waals surface area contributed by atoms with Crippen molar-refractivity contribution in [2.75, 3.05) is 0 Å². The highest BCUT2D eigenvalue weighted by Gasteiger charge is 2.05. The van der Waals surface area contributed by atoms with Gasteiger partial charge in [-0.15, -0.1) is 0 Å². The second-order valence-corrected chi connectivity index (χ2v) is 5.14. The molecule has 2 nitrogen and oxygen atoms in total. The third-order valence-electron chi connectivity index (χ3n) is 3.60. The second kappa shape index (κ2) is 8.96. The van der Waals surface area contributed by atoms with Crippen LogP contribution in [-0.2, 0) is 13.0 Å². The molecule has 2 aromatic rings.